The minimum atomic E-state index is -0.336. The van der Waals surface area contributed by atoms with E-state index in [4.69, 9.17) is 9.82 Å². The molecule has 0 radical (unpaired) electrons. The van der Waals surface area contributed by atoms with Crippen LogP contribution in [0.1, 0.15) is 50.7 Å². The van der Waals surface area contributed by atoms with Crippen LogP contribution in [0.4, 0.5) is 5.82 Å². The van der Waals surface area contributed by atoms with Gasteiger partial charge in [0, 0.05) is 49.9 Å². The number of piperidine rings is 1. The third-order valence-corrected chi connectivity index (χ3v) is 7.02. The molecule has 3 heterocycles. The van der Waals surface area contributed by atoms with E-state index in [1.165, 1.54) is 0 Å². The summed E-state index contributed by atoms with van der Waals surface area (Å²) in [5.74, 6) is 0.615. The predicted octanol–water partition coefficient (Wildman–Crippen LogP) is 4.41. The Morgan fingerprint density at radius 2 is 1.78 bits per heavy atom. The summed E-state index contributed by atoms with van der Waals surface area (Å²) in [5, 5.41) is 12.3. The number of benzene rings is 2. The van der Waals surface area contributed by atoms with Gasteiger partial charge in [-0.05, 0) is 58.6 Å². The summed E-state index contributed by atoms with van der Waals surface area (Å²) >= 11 is 3.57. The number of aromatic nitrogens is 3. The molecule has 0 aliphatic carbocycles. The van der Waals surface area contributed by atoms with Gasteiger partial charge in [-0.1, -0.05) is 30.3 Å². The minimum absolute atomic E-state index is 0.109. The van der Waals surface area contributed by atoms with Crippen LogP contribution in [0.5, 0.6) is 0 Å². The molecule has 5 rings (SSSR count). The number of carbonyl (C=O) groups is 2. The van der Waals surface area contributed by atoms with Gasteiger partial charge in [-0.15, -0.1) is 5.06 Å². The van der Waals surface area contributed by atoms with E-state index in [2.05, 4.69) is 31.7 Å². The van der Waals surface area contributed by atoms with Crippen LogP contribution in [0.15, 0.2) is 71.3 Å². The molecule has 2 aromatic heterocycles. The molecule has 0 atom stereocenters. The number of nitrogens with one attached hydrogen (secondary N) is 2. The Morgan fingerprint density at radius 3 is 2.49 bits per heavy atom. The van der Waals surface area contributed by atoms with E-state index >= 15 is 0 Å². The Labute approximate surface area is 222 Å². The van der Waals surface area contributed by atoms with Crippen LogP contribution in [0, 0.1) is 0 Å². The summed E-state index contributed by atoms with van der Waals surface area (Å²) < 4.78 is 2.60. The van der Waals surface area contributed by atoms with Gasteiger partial charge in [0.2, 0.25) is 0 Å². The summed E-state index contributed by atoms with van der Waals surface area (Å²) in [6, 6.07) is 18.6. The number of nitrogens with zero attached hydrogens (tertiary/aromatic N) is 4. The molecule has 0 spiro atoms. The van der Waals surface area contributed by atoms with E-state index in [1.54, 1.807) is 35.0 Å². The van der Waals surface area contributed by atoms with Crippen molar-refractivity contribution in [1.29, 1.82) is 0 Å². The molecule has 0 saturated carbocycles. The first-order valence-corrected chi connectivity index (χ1v) is 12.9. The molecule has 0 unspecified atom stereocenters. The van der Waals surface area contributed by atoms with Gasteiger partial charge in [0.1, 0.15) is 5.82 Å². The fourth-order valence-corrected chi connectivity index (χ4v) is 4.74. The monoisotopic (exact) mass is 562 g/mol. The van der Waals surface area contributed by atoms with Crippen molar-refractivity contribution >= 4 is 39.3 Å². The molecule has 1 fully saturated rings. The lowest BCUT2D eigenvalue weighted by molar-refractivity contribution is -0.122. The fourth-order valence-electron chi connectivity index (χ4n) is 4.39. The standard InChI is InChI=1S/C27H27BrN6O3/c1-29-26(35)20-9-7-18(8-10-20)16-30-24-15-23(32-25-22(28)17-31-34(24)25)19-11-13-33(14-12-19)37-27(36)21-5-3-2-4-6-21/h2-10,15,17,19,30H,11-14,16H2,1H3,(H,29,35). The van der Waals surface area contributed by atoms with Gasteiger partial charge in [0.25, 0.3) is 5.91 Å². The topological polar surface area (TPSA) is 101 Å². The zero-order valence-corrected chi connectivity index (χ0v) is 21.9. The molecule has 9 nitrogen and oxygen atoms in total. The average molecular weight is 563 g/mol. The van der Waals surface area contributed by atoms with Gasteiger partial charge >= 0.3 is 5.97 Å². The van der Waals surface area contributed by atoms with E-state index in [0.717, 1.165) is 40.0 Å². The Bertz CT molecular complexity index is 1400. The number of anilines is 1. The molecule has 1 aliphatic rings. The van der Waals surface area contributed by atoms with Crippen molar-refractivity contribution < 1.29 is 14.4 Å². The lowest BCUT2D eigenvalue weighted by Crippen LogP contribution is -2.35. The molecule has 190 valence electrons. The Morgan fingerprint density at radius 1 is 1.05 bits per heavy atom. The minimum Gasteiger partial charge on any atom is -0.366 e. The second-order valence-electron chi connectivity index (χ2n) is 8.87. The maximum atomic E-state index is 12.4. The largest absolute Gasteiger partial charge is 0.366 e. The summed E-state index contributed by atoms with van der Waals surface area (Å²) in [4.78, 5) is 34.7. The highest BCUT2D eigenvalue weighted by Gasteiger charge is 2.26. The maximum Gasteiger partial charge on any atom is 0.357 e. The van der Waals surface area contributed by atoms with Crippen molar-refractivity contribution in [3.05, 3.63) is 93.7 Å². The number of amides is 1. The second kappa shape index (κ2) is 11.1. The molecule has 0 bridgehead atoms. The number of hydroxylamine groups is 2. The number of hydrogen-bond acceptors (Lipinski definition) is 7. The van der Waals surface area contributed by atoms with Crippen molar-refractivity contribution in [3.63, 3.8) is 0 Å². The summed E-state index contributed by atoms with van der Waals surface area (Å²) in [6.45, 7) is 1.84. The summed E-state index contributed by atoms with van der Waals surface area (Å²) in [7, 11) is 1.62. The highest BCUT2D eigenvalue weighted by molar-refractivity contribution is 9.10. The first-order valence-electron chi connectivity index (χ1n) is 12.1. The van der Waals surface area contributed by atoms with Crippen LogP contribution in [0.25, 0.3) is 5.65 Å². The predicted molar refractivity (Wildman–Crippen MR) is 143 cm³/mol. The molecule has 4 aromatic rings. The first kappa shape index (κ1) is 24.9. The first-order chi connectivity index (χ1) is 18.0. The zero-order chi connectivity index (χ0) is 25.8. The second-order valence-corrected chi connectivity index (χ2v) is 9.73. The fraction of sp³-hybridized carbons (Fsp3) is 0.259. The van der Waals surface area contributed by atoms with Crippen LogP contribution < -0.4 is 10.6 Å². The van der Waals surface area contributed by atoms with Gasteiger partial charge in [-0.2, -0.15) is 9.61 Å². The molecule has 37 heavy (non-hydrogen) atoms. The van der Waals surface area contributed by atoms with Gasteiger partial charge in [0.15, 0.2) is 5.65 Å². The molecular weight excluding hydrogens is 536 g/mol. The van der Waals surface area contributed by atoms with E-state index in [1.807, 2.05) is 48.5 Å². The van der Waals surface area contributed by atoms with Crippen molar-refractivity contribution in [2.75, 3.05) is 25.5 Å². The number of carbonyl (C=O) groups excluding carboxylic acids is 2. The van der Waals surface area contributed by atoms with E-state index < -0.39 is 0 Å². The van der Waals surface area contributed by atoms with Crippen LogP contribution in [-0.2, 0) is 11.4 Å². The lowest BCUT2D eigenvalue weighted by atomic mass is 9.94. The van der Waals surface area contributed by atoms with E-state index in [9.17, 15) is 9.59 Å². The van der Waals surface area contributed by atoms with Gasteiger partial charge in [-0.3, -0.25) is 4.79 Å². The van der Waals surface area contributed by atoms with Crippen LogP contribution in [-0.4, -0.2) is 51.7 Å². The van der Waals surface area contributed by atoms with Gasteiger partial charge in [0.05, 0.1) is 16.2 Å². The van der Waals surface area contributed by atoms with Gasteiger partial charge < -0.3 is 15.5 Å². The summed E-state index contributed by atoms with van der Waals surface area (Å²) in [6.07, 6.45) is 3.37. The highest BCUT2D eigenvalue weighted by Crippen LogP contribution is 2.31. The smallest absolute Gasteiger partial charge is 0.357 e. The molecule has 2 N–H and O–H groups in total. The van der Waals surface area contributed by atoms with E-state index in [-0.39, 0.29) is 17.8 Å². The lowest BCUT2D eigenvalue weighted by Gasteiger charge is -2.30. The van der Waals surface area contributed by atoms with Crippen LogP contribution in [0.3, 0.4) is 0 Å². The van der Waals surface area contributed by atoms with Crippen LogP contribution >= 0.6 is 15.9 Å². The normalized spacial score (nSPS) is 14.4. The van der Waals surface area contributed by atoms with Crippen molar-refractivity contribution in [2.45, 2.75) is 25.3 Å². The van der Waals surface area contributed by atoms with Crippen molar-refractivity contribution in [2.24, 2.45) is 0 Å². The molecule has 1 amide bonds. The molecule has 1 aliphatic heterocycles. The Kier molecular flexibility index (Phi) is 7.47. The number of fused-ring (bicyclic) bond motifs is 1. The molecule has 1 saturated heterocycles. The number of rotatable bonds is 7. The Balaban J connectivity index is 1.27. The quantitative estimate of drug-likeness (QED) is 0.344. The molecule has 2 aromatic carbocycles. The molecular formula is C27H27BrN6O3. The highest BCUT2D eigenvalue weighted by atomic mass is 79.9. The average Bonchev–Trinajstić information content (AvgIpc) is 3.33. The van der Waals surface area contributed by atoms with Crippen LogP contribution in [0.2, 0.25) is 0 Å². The Hall–Kier alpha value is -3.76. The van der Waals surface area contributed by atoms with Crippen molar-refractivity contribution in [3.8, 4) is 0 Å². The zero-order valence-electron chi connectivity index (χ0n) is 20.4. The third kappa shape index (κ3) is 5.65. The van der Waals surface area contributed by atoms with E-state index in [0.29, 0.717) is 30.8 Å². The number of halogens is 1. The van der Waals surface area contributed by atoms with Crippen molar-refractivity contribution in [1.82, 2.24) is 25.0 Å². The third-order valence-electron chi connectivity index (χ3n) is 6.46. The molecule has 10 heteroatoms. The van der Waals surface area contributed by atoms with Gasteiger partial charge in [-0.25, -0.2) is 9.78 Å². The summed E-state index contributed by atoms with van der Waals surface area (Å²) in [5.41, 5.74) is 3.92. The SMILES string of the molecule is CNC(=O)c1ccc(CNc2cc(C3CCN(OC(=O)c4ccccc4)CC3)nc3c(Br)cnn23)cc1. The number of hydrogen-bond donors (Lipinski definition) is 2. The maximum absolute atomic E-state index is 12.4.